The van der Waals surface area contributed by atoms with Gasteiger partial charge in [-0.3, -0.25) is 14.9 Å². The molecule has 0 unspecified atom stereocenters. The van der Waals surface area contributed by atoms with Crippen LogP contribution in [0.2, 0.25) is 5.02 Å². The van der Waals surface area contributed by atoms with Crippen LogP contribution in [-0.4, -0.2) is 23.4 Å². The zero-order chi connectivity index (χ0) is 18.4. The largest absolute Gasteiger partial charge is 0.452 e. The number of nitrogens with zero attached hydrogens (tertiary/aromatic N) is 1. The summed E-state index contributed by atoms with van der Waals surface area (Å²) in [5, 5.41) is 13.7. The number of carbonyl (C=O) groups excluding carboxylic acids is 2. The molecule has 8 heteroatoms. The second-order valence-corrected chi connectivity index (χ2v) is 5.53. The van der Waals surface area contributed by atoms with Gasteiger partial charge >= 0.3 is 5.97 Å². The Balaban J connectivity index is 2.01. The molecular formula is C17H15ClN2O5. The van der Waals surface area contributed by atoms with Crippen molar-refractivity contribution in [1.29, 1.82) is 0 Å². The fourth-order valence-electron chi connectivity index (χ4n) is 2.11. The standard InChI is InChI=1S/C17H15ClN2O5/c1-2-11-4-3-5-13(8-11)19-16(21)10-25-17(22)14-9-12(18)6-7-15(14)20(23)24/h3-9H,2,10H2,1H3,(H,19,21). The van der Waals surface area contributed by atoms with Crippen LogP contribution in [0.1, 0.15) is 22.8 Å². The lowest BCUT2D eigenvalue weighted by Gasteiger charge is -2.08. The summed E-state index contributed by atoms with van der Waals surface area (Å²) < 4.78 is 4.85. The summed E-state index contributed by atoms with van der Waals surface area (Å²) in [6.07, 6.45) is 0.817. The van der Waals surface area contributed by atoms with Gasteiger partial charge in [0, 0.05) is 16.8 Å². The number of carbonyl (C=O) groups is 2. The van der Waals surface area contributed by atoms with E-state index < -0.39 is 29.1 Å². The van der Waals surface area contributed by atoms with Crippen molar-refractivity contribution >= 4 is 34.9 Å². The van der Waals surface area contributed by atoms with Crippen LogP contribution in [0, 0.1) is 10.1 Å². The lowest BCUT2D eigenvalue weighted by molar-refractivity contribution is -0.385. The molecule has 0 aliphatic rings. The first-order chi connectivity index (χ1) is 11.9. The lowest BCUT2D eigenvalue weighted by atomic mass is 10.1. The maximum absolute atomic E-state index is 12.0. The molecule has 0 saturated heterocycles. The summed E-state index contributed by atoms with van der Waals surface area (Å²) in [7, 11) is 0. The van der Waals surface area contributed by atoms with Crippen molar-refractivity contribution < 1.29 is 19.2 Å². The van der Waals surface area contributed by atoms with E-state index in [1.807, 2.05) is 19.1 Å². The van der Waals surface area contributed by atoms with Crippen LogP contribution in [-0.2, 0) is 16.0 Å². The predicted octanol–water partition coefficient (Wildman–Crippen LogP) is 3.61. The van der Waals surface area contributed by atoms with Gasteiger partial charge in [-0.05, 0) is 36.2 Å². The van der Waals surface area contributed by atoms with E-state index >= 15 is 0 Å². The number of nitro benzene ring substituents is 1. The van der Waals surface area contributed by atoms with Crippen molar-refractivity contribution in [2.75, 3.05) is 11.9 Å². The van der Waals surface area contributed by atoms with Crippen molar-refractivity contribution in [3.8, 4) is 0 Å². The van der Waals surface area contributed by atoms with Gasteiger partial charge in [0.1, 0.15) is 5.56 Å². The van der Waals surface area contributed by atoms with Crippen LogP contribution >= 0.6 is 11.6 Å². The number of nitrogens with one attached hydrogen (secondary N) is 1. The van der Waals surface area contributed by atoms with E-state index in [9.17, 15) is 19.7 Å². The Morgan fingerprint density at radius 1 is 1.24 bits per heavy atom. The fourth-order valence-corrected chi connectivity index (χ4v) is 2.28. The Morgan fingerprint density at radius 2 is 2.00 bits per heavy atom. The van der Waals surface area contributed by atoms with Gasteiger partial charge in [-0.15, -0.1) is 0 Å². The highest BCUT2D eigenvalue weighted by molar-refractivity contribution is 6.31. The van der Waals surface area contributed by atoms with Crippen LogP contribution in [0.5, 0.6) is 0 Å². The minimum atomic E-state index is -0.994. The molecular weight excluding hydrogens is 348 g/mol. The van der Waals surface area contributed by atoms with Gasteiger partial charge < -0.3 is 10.1 Å². The van der Waals surface area contributed by atoms with Crippen molar-refractivity contribution in [3.63, 3.8) is 0 Å². The monoisotopic (exact) mass is 362 g/mol. The van der Waals surface area contributed by atoms with E-state index in [0.717, 1.165) is 24.1 Å². The molecule has 1 N–H and O–H groups in total. The van der Waals surface area contributed by atoms with Gasteiger partial charge in [-0.25, -0.2) is 4.79 Å². The van der Waals surface area contributed by atoms with Crippen molar-refractivity contribution in [3.05, 3.63) is 68.7 Å². The number of halogens is 1. The molecule has 1 amide bonds. The van der Waals surface area contributed by atoms with Crippen LogP contribution in [0.25, 0.3) is 0 Å². The van der Waals surface area contributed by atoms with Crippen molar-refractivity contribution in [1.82, 2.24) is 0 Å². The fraction of sp³-hybridized carbons (Fsp3) is 0.176. The molecule has 0 heterocycles. The quantitative estimate of drug-likeness (QED) is 0.481. The molecule has 0 aromatic heterocycles. The lowest BCUT2D eigenvalue weighted by Crippen LogP contribution is -2.21. The molecule has 0 saturated carbocycles. The van der Waals surface area contributed by atoms with Crippen LogP contribution in [0.4, 0.5) is 11.4 Å². The van der Waals surface area contributed by atoms with Gasteiger partial charge in [0.15, 0.2) is 6.61 Å². The van der Waals surface area contributed by atoms with E-state index in [4.69, 9.17) is 16.3 Å². The minimum Gasteiger partial charge on any atom is -0.452 e. The molecule has 0 spiro atoms. The summed E-state index contributed by atoms with van der Waals surface area (Å²) in [4.78, 5) is 34.1. The minimum absolute atomic E-state index is 0.151. The Labute approximate surface area is 148 Å². The maximum atomic E-state index is 12.0. The second-order valence-electron chi connectivity index (χ2n) is 5.10. The molecule has 0 aliphatic heterocycles. The Morgan fingerprint density at radius 3 is 2.68 bits per heavy atom. The third kappa shape index (κ3) is 5.02. The maximum Gasteiger partial charge on any atom is 0.345 e. The number of nitro groups is 1. The first kappa shape index (κ1) is 18.4. The molecule has 0 fully saturated rings. The van der Waals surface area contributed by atoms with E-state index in [-0.39, 0.29) is 10.6 Å². The highest BCUT2D eigenvalue weighted by atomic mass is 35.5. The van der Waals surface area contributed by atoms with Gasteiger partial charge in [-0.1, -0.05) is 30.7 Å². The Bertz CT molecular complexity index is 822. The van der Waals surface area contributed by atoms with Crippen LogP contribution in [0.3, 0.4) is 0 Å². The molecule has 25 heavy (non-hydrogen) atoms. The summed E-state index contributed by atoms with van der Waals surface area (Å²) in [6, 6.07) is 10.8. The molecule has 0 radical (unpaired) electrons. The molecule has 0 bridgehead atoms. The number of amides is 1. The van der Waals surface area contributed by atoms with E-state index in [1.165, 1.54) is 6.07 Å². The van der Waals surface area contributed by atoms with Gasteiger partial charge in [0.25, 0.3) is 11.6 Å². The predicted molar refractivity (Wildman–Crippen MR) is 92.8 cm³/mol. The number of rotatable bonds is 6. The summed E-state index contributed by atoms with van der Waals surface area (Å²) in [6.45, 7) is 1.42. The second kappa shape index (κ2) is 8.25. The summed E-state index contributed by atoms with van der Waals surface area (Å²) >= 11 is 5.75. The van der Waals surface area contributed by atoms with Crippen LogP contribution in [0.15, 0.2) is 42.5 Å². The molecule has 2 aromatic carbocycles. The smallest absolute Gasteiger partial charge is 0.345 e. The molecule has 0 aliphatic carbocycles. The summed E-state index contributed by atoms with van der Waals surface area (Å²) in [5.74, 6) is -1.54. The van der Waals surface area contributed by atoms with Gasteiger partial charge in [0.2, 0.25) is 0 Å². The first-order valence-electron chi connectivity index (χ1n) is 7.40. The highest BCUT2D eigenvalue weighted by Gasteiger charge is 2.22. The number of benzene rings is 2. The highest BCUT2D eigenvalue weighted by Crippen LogP contribution is 2.23. The zero-order valence-corrected chi connectivity index (χ0v) is 14.1. The Kier molecular flexibility index (Phi) is 6.08. The third-order valence-corrected chi connectivity index (χ3v) is 3.56. The average Bonchev–Trinajstić information content (AvgIpc) is 2.59. The molecule has 2 aromatic rings. The normalized spacial score (nSPS) is 10.2. The van der Waals surface area contributed by atoms with Gasteiger partial charge in [-0.2, -0.15) is 0 Å². The van der Waals surface area contributed by atoms with Crippen molar-refractivity contribution in [2.24, 2.45) is 0 Å². The van der Waals surface area contributed by atoms with E-state index in [1.54, 1.807) is 12.1 Å². The van der Waals surface area contributed by atoms with E-state index in [2.05, 4.69) is 5.32 Å². The zero-order valence-electron chi connectivity index (χ0n) is 13.3. The number of ether oxygens (including phenoxy) is 1. The number of anilines is 1. The number of esters is 1. The first-order valence-corrected chi connectivity index (χ1v) is 7.78. The van der Waals surface area contributed by atoms with Gasteiger partial charge in [0.05, 0.1) is 4.92 Å². The molecule has 0 atom stereocenters. The van der Waals surface area contributed by atoms with Crippen LogP contribution < -0.4 is 5.32 Å². The number of aryl methyl sites for hydroxylation is 1. The Hall–Kier alpha value is -2.93. The third-order valence-electron chi connectivity index (χ3n) is 3.33. The SMILES string of the molecule is CCc1cccc(NC(=O)COC(=O)c2cc(Cl)ccc2[N+](=O)[O-])c1. The van der Waals surface area contributed by atoms with E-state index in [0.29, 0.717) is 5.69 Å². The molecule has 130 valence electrons. The molecule has 7 nitrogen and oxygen atoms in total. The molecule has 2 rings (SSSR count). The van der Waals surface area contributed by atoms with Crippen molar-refractivity contribution in [2.45, 2.75) is 13.3 Å². The number of hydrogen-bond donors (Lipinski definition) is 1. The number of hydrogen-bond acceptors (Lipinski definition) is 5. The summed E-state index contributed by atoms with van der Waals surface area (Å²) in [5.41, 5.74) is 0.877. The topological polar surface area (TPSA) is 98.5 Å². The average molecular weight is 363 g/mol.